The van der Waals surface area contributed by atoms with Crippen LogP contribution in [0.3, 0.4) is 0 Å². The molecule has 2 aliphatic rings. The number of rotatable bonds is 8. The Morgan fingerprint density at radius 3 is 2.44 bits per heavy atom. The number of nitrogens with zero attached hydrogens (tertiary/aromatic N) is 1. The van der Waals surface area contributed by atoms with Crippen LogP contribution in [0.5, 0.6) is 11.5 Å². The highest BCUT2D eigenvalue weighted by Crippen LogP contribution is 2.33. The van der Waals surface area contributed by atoms with Gasteiger partial charge in [0.05, 0.1) is 31.6 Å². The van der Waals surface area contributed by atoms with Crippen molar-refractivity contribution in [2.24, 2.45) is 0 Å². The largest absolute Gasteiger partial charge is 0.573 e. The number of alkyl halides is 3. The van der Waals surface area contributed by atoms with Crippen molar-refractivity contribution in [3.63, 3.8) is 0 Å². The predicted octanol–water partition coefficient (Wildman–Crippen LogP) is 4.41. The van der Waals surface area contributed by atoms with Crippen LogP contribution >= 0.6 is 0 Å². The van der Waals surface area contributed by atoms with Crippen molar-refractivity contribution in [3.8, 4) is 11.5 Å². The number of carbonyl (C=O) groups excluding carboxylic acids is 1. The lowest BCUT2D eigenvalue weighted by Gasteiger charge is -2.30. The molecule has 1 aromatic carbocycles. The summed E-state index contributed by atoms with van der Waals surface area (Å²) in [6.45, 7) is 1.26. The number of hydrogen-bond acceptors (Lipinski definition) is 6. The Kier molecular flexibility index (Phi) is 7.73. The zero-order valence-corrected chi connectivity index (χ0v) is 18.3. The van der Waals surface area contributed by atoms with Crippen LogP contribution in [0, 0.1) is 0 Å². The number of carbonyl (C=O) groups is 1. The van der Waals surface area contributed by atoms with E-state index in [-0.39, 0.29) is 29.7 Å². The van der Waals surface area contributed by atoms with Crippen molar-refractivity contribution in [2.75, 3.05) is 18.5 Å². The van der Waals surface area contributed by atoms with Gasteiger partial charge >= 0.3 is 12.4 Å². The first-order chi connectivity index (χ1) is 16.3. The number of ether oxygens (including phenoxy) is 4. The van der Waals surface area contributed by atoms with E-state index >= 15 is 0 Å². The Labute approximate surface area is 194 Å². The standard InChI is InChI=1S/C23H26F3N3O5/c24-23(25,26)34-18-5-6-21(33-19-13-31-14-19)20(11-18)29-22(30)28-16-1-3-17(4-2-16)32-12-15-7-9-27-10-8-15/h5-11,16-17,19H,1-4,12-14H2,(H2,28,29,30)/t16-,17-. The molecule has 2 N–H and O–H groups in total. The summed E-state index contributed by atoms with van der Waals surface area (Å²) in [5.74, 6) is -0.210. The third kappa shape index (κ3) is 7.22. The maximum Gasteiger partial charge on any atom is 0.573 e. The molecule has 0 unspecified atom stereocenters. The molecule has 2 aromatic rings. The lowest BCUT2D eigenvalue weighted by molar-refractivity contribution is -0.274. The van der Waals surface area contributed by atoms with Crippen LogP contribution in [-0.4, -0.2) is 48.8 Å². The van der Waals surface area contributed by atoms with E-state index in [1.54, 1.807) is 12.4 Å². The number of halogens is 3. The van der Waals surface area contributed by atoms with Crippen molar-refractivity contribution >= 4 is 11.7 Å². The van der Waals surface area contributed by atoms with Gasteiger partial charge in [-0.15, -0.1) is 13.2 Å². The summed E-state index contributed by atoms with van der Waals surface area (Å²) in [5.41, 5.74) is 1.14. The highest BCUT2D eigenvalue weighted by atomic mass is 19.4. The first-order valence-corrected chi connectivity index (χ1v) is 11.1. The van der Waals surface area contributed by atoms with Crippen LogP contribution < -0.4 is 20.1 Å². The number of urea groups is 1. The van der Waals surface area contributed by atoms with Gasteiger partial charge in [-0.05, 0) is 55.5 Å². The molecule has 34 heavy (non-hydrogen) atoms. The molecule has 2 heterocycles. The Bertz CT molecular complexity index is 949. The van der Waals surface area contributed by atoms with Gasteiger partial charge in [0.2, 0.25) is 0 Å². The van der Waals surface area contributed by atoms with E-state index in [0.717, 1.165) is 43.4 Å². The smallest absolute Gasteiger partial charge is 0.483 e. The first kappa shape index (κ1) is 24.1. The maximum absolute atomic E-state index is 12.6. The maximum atomic E-state index is 12.6. The van der Waals surface area contributed by atoms with E-state index in [9.17, 15) is 18.0 Å². The molecular formula is C23H26F3N3O5. The zero-order valence-electron chi connectivity index (χ0n) is 18.3. The van der Waals surface area contributed by atoms with E-state index < -0.39 is 18.1 Å². The van der Waals surface area contributed by atoms with Gasteiger partial charge in [-0.1, -0.05) is 0 Å². The van der Waals surface area contributed by atoms with E-state index in [4.69, 9.17) is 14.2 Å². The molecule has 11 heteroatoms. The van der Waals surface area contributed by atoms with Crippen LogP contribution in [0.15, 0.2) is 42.7 Å². The third-order valence-electron chi connectivity index (χ3n) is 5.58. The second-order valence-corrected chi connectivity index (χ2v) is 8.22. The van der Waals surface area contributed by atoms with Gasteiger partial charge in [-0.2, -0.15) is 0 Å². The Morgan fingerprint density at radius 2 is 1.79 bits per heavy atom. The van der Waals surface area contributed by atoms with Crippen LogP contribution in [-0.2, 0) is 16.1 Å². The van der Waals surface area contributed by atoms with Gasteiger partial charge in [0.1, 0.15) is 17.6 Å². The molecule has 2 fully saturated rings. The highest BCUT2D eigenvalue weighted by Gasteiger charge is 2.32. The number of aromatic nitrogens is 1. The number of hydrogen-bond donors (Lipinski definition) is 2. The Morgan fingerprint density at radius 1 is 1.06 bits per heavy atom. The molecule has 1 aromatic heterocycles. The molecule has 1 saturated carbocycles. The normalized spacial score (nSPS) is 20.8. The van der Waals surface area contributed by atoms with Crippen molar-refractivity contribution in [2.45, 2.75) is 56.9 Å². The predicted molar refractivity (Wildman–Crippen MR) is 116 cm³/mol. The molecule has 0 spiro atoms. The second kappa shape index (κ2) is 10.9. The summed E-state index contributed by atoms with van der Waals surface area (Å²) in [6.07, 6.45) is 1.53. The third-order valence-corrected chi connectivity index (χ3v) is 5.58. The summed E-state index contributed by atoms with van der Waals surface area (Å²) in [5, 5.41) is 5.48. The number of nitrogens with one attached hydrogen (secondary N) is 2. The van der Waals surface area contributed by atoms with Crippen molar-refractivity contribution in [3.05, 3.63) is 48.3 Å². The molecule has 1 aliphatic heterocycles. The monoisotopic (exact) mass is 481 g/mol. The van der Waals surface area contributed by atoms with Gasteiger partial charge in [0.15, 0.2) is 0 Å². The molecule has 0 atom stereocenters. The molecule has 8 nitrogen and oxygen atoms in total. The minimum Gasteiger partial charge on any atom is -0.483 e. The SMILES string of the molecule is O=C(Nc1cc(OC(F)(F)F)ccc1OC1COC1)N[C@H]1CC[C@H](OCc2ccncc2)CC1. The fourth-order valence-electron chi connectivity index (χ4n) is 3.78. The minimum atomic E-state index is -4.85. The summed E-state index contributed by atoms with van der Waals surface area (Å²) in [4.78, 5) is 16.6. The van der Waals surface area contributed by atoms with E-state index in [0.29, 0.717) is 19.8 Å². The van der Waals surface area contributed by atoms with Gasteiger partial charge in [-0.3, -0.25) is 4.98 Å². The summed E-state index contributed by atoms with van der Waals surface area (Å²) >= 11 is 0. The van der Waals surface area contributed by atoms with Gasteiger partial charge in [0, 0.05) is 24.5 Å². The first-order valence-electron chi connectivity index (χ1n) is 11.1. The Balaban J connectivity index is 1.29. The topological polar surface area (TPSA) is 90.9 Å². The number of anilines is 1. The van der Waals surface area contributed by atoms with Crippen LogP contribution in [0.25, 0.3) is 0 Å². The molecule has 2 amide bonds. The van der Waals surface area contributed by atoms with E-state index in [1.807, 2.05) is 12.1 Å². The average Bonchev–Trinajstić information content (AvgIpc) is 2.76. The van der Waals surface area contributed by atoms with E-state index in [1.165, 1.54) is 6.07 Å². The van der Waals surface area contributed by atoms with Crippen LogP contribution in [0.1, 0.15) is 31.2 Å². The fourth-order valence-corrected chi connectivity index (χ4v) is 3.78. The summed E-state index contributed by atoms with van der Waals surface area (Å²) in [6, 6.07) is 6.77. The number of benzene rings is 1. The van der Waals surface area contributed by atoms with Gasteiger partial charge < -0.3 is 29.6 Å². The molecular weight excluding hydrogens is 455 g/mol. The molecule has 1 aliphatic carbocycles. The van der Waals surface area contributed by atoms with Crippen LogP contribution in [0.4, 0.5) is 23.7 Å². The quantitative estimate of drug-likeness (QED) is 0.581. The summed E-state index contributed by atoms with van der Waals surface area (Å²) in [7, 11) is 0. The molecule has 4 rings (SSSR count). The second-order valence-electron chi connectivity index (χ2n) is 8.22. The van der Waals surface area contributed by atoms with Gasteiger partial charge in [-0.25, -0.2) is 4.79 Å². The average molecular weight is 481 g/mol. The summed E-state index contributed by atoms with van der Waals surface area (Å²) < 4.78 is 58.5. The van der Waals surface area contributed by atoms with Crippen molar-refractivity contribution in [1.29, 1.82) is 0 Å². The zero-order chi connectivity index (χ0) is 24.0. The molecule has 1 saturated heterocycles. The number of amides is 2. The number of pyridine rings is 1. The van der Waals surface area contributed by atoms with Crippen molar-refractivity contribution in [1.82, 2.24) is 10.3 Å². The van der Waals surface area contributed by atoms with Gasteiger partial charge in [0.25, 0.3) is 0 Å². The minimum absolute atomic E-state index is 0.0696. The highest BCUT2D eigenvalue weighted by molar-refractivity contribution is 5.91. The lowest BCUT2D eigenvalue weighted by atomic mass is 9.93. The van der Waals surface area contributed by atoms with E-state index in [2.05, 4.69) is 20.4 Å². The molecule has 184 valence electrons. The fraction of sp³-hybridized carbons (Fsp3) is 0.478. The Hall–Kier alpha value is -3.05. The molecule has 0 radical (unpaired) electrons. The van der Waals surface area contributed by atoms with Crippen LogP contribution in [0.2, 0.25) is 0 Å². The molecule has 0 bridgehead atoms. The lowest BCUT2D eigenvalue weighted by Crippen LogP contribution is -2.41. The van der Waals surface area contributed by atoms with Crippen molar-refractivity contribution < 1.29 is 36.9 Å².